The molecule has 0 aliphatic rings. The molecule has 126 valence electrons. The second kappa shape index (κ2) is 7.32. The van der Waals surface area contributed by atoms with Crippen LogP contribution >= 0.6 is 22.9 Å². The molecular formula is C17H19ClN4OS. The number of rotatable bonds is 6. The van der Waals surface area contributed by atoms with Crippen LogP contribution in [0.15, 0.2) is 28.8 Å². The maximum Gasteiger partial charge on any atom is 0.205 e. The van der Waals surface area contributed by atoms with Gasteiger partial charge in [0.2, 0.25) is 5.13 Å². The van der Waals surface area contributed by atoms with Crippen LogP contribution in [0.1, 0.15) is 34.5 Å². The summed E-state index contributed by atoms with van der Waals surface area (Å²) in [5.74, 6) is 0.877. The number of nitrogens with one attached hydrogen (secondary N) is 1. The number of anilines is 1. The largest absolute Gasteiger partial charge is 0.361 e. The zero-order valence-electron chi connectivity index (χ0n) is 13.8. The van der Waals surface area contributed by atoms with Crippen molar-refractivity contribution in [3.63, 3.8) is 0 Å². The molecule has 1 unspecified atom stereocenters. The molecule has 2 aromatic heterocycles. The third kappa shape index (κ3) is 4.13. The van der Waals surface area contributed by atoms with Gasteiger partial charge in [0.05, 0.1) is 5.69 Å². The van der Waals surface area contributed by atoms with Crippen molar-refractivity contribution in [3.05, 3.63) is 56.9 Å². The fourth-order valence-corrected chi connectivity index (χ4v) is 3.53. The Hall–Kier alpha value is -1.92. The fourth-order valence-electron chi connectivity index (χ4n) is 2.52. The van der Waals surface area contributed by atoms with Crippen LogP contribution < -0.4 is 5.32 Å². The minimum Gasteiger partial charge on any atom is -0.361 e. The molecule has 2 heterocycles. The van der Waals surface area contributed by atoms with E-state index in [1.165, 1.54) is 5.56 Å². The number of nitrogens with zero attached hydrogens (tertiary/aromatic N) is 3. The average molecular weight is 363 g/mol. The molecule has 0 spiro atoms. The lowest BCUT2D eigenvalue weighted by molar-refractivity contribution is 0.392. The van der Waals surface area contributed by atoms with E-state index in [1.807, 2.05) is 38.1 Å². The number of hydrogen-bond donors (Lipinski definition) is 1. The standard InChI is InChI=1S/C17H19ClN4OS/c1-10(8-15-11(2)22-23-12(15)3)19-17-21-20-16(24-17)9-13-4-6-14(18)7-5-13/h4-7,10H,8-9H2,1-3H3,(H,19,21). The van der Waals surface area contributed by atoms with Crippen molar-refractivity contribution < 1.29 is 4.52 Å². The van der Waals surface area contributed by atoms with Gasteiger partial charge in [-0.2, -0.15) is 0 Å². The van der Waals surface area contributed by atoms with Crippen LogP contribution in [0, 0.1) is 13.8 Å². The van der Waals surface area contributed by atoms with Crippen molar-refractivity contribution in [2.75, 3.05) is 5.32 Å². The molecule has 1 atom stereocenters. The van der Waals surface area contributed by atoms with Crippen LogP contribution in [0.25, 0.3) is 0 Å². The van der Waals surface area contributed by atoms with Crippen LogP contribution in [-0.2, 0) is 12.8 Å². The quantitative estimate of drug-likeness (QED) is 0.702. The molecule has 0 aliphatic heterocycles. The summed E-state index contributed by atoms with van der Waals surface area (Å²) < 4.78 is 5.21. The SMILES string of the molecule is Cc1noc(C)c1CC(C)Nc1nnc(Cc2ccc(Cl)cc2)s1. The van der Waals surface area contributed by atoms with Gasteiger partial charge in [-0.15, -0.1) is 10.2 Å². The highest BCUT2D eigenvalue weighted by Gasteiger charge is 2.14. The van der Waals surface area contributed by atoms with Gasteiger partial charge in [-0.3, -0.25) is 0 Å². The first-order valence-electron chi connectivity index (χ1n) is 7.76. The van der Waals surface area contributed by atoms with E-state index in [-0.39, 0.29) is 6.04 Å². The van der Waals surface area contributed by atoms with Gasteiger partial charge in [-0.05, 0) is 44.9 Å². The van der Waals surface area contributed by atoms with Gasteiger partial charge in [0.25, 0.3) is 0 Å². The molecule has 0 radical (unpaired) electrons. The summed E-state index contributed by atoms with van der Waals surface area (Å²) in [7, 11) is 0. The van der Waals surface area contributed by atoms with E-state index in [0.29, 0.717) is 0 Å². The summed E-state index contributed by atoms with van der Waals surface area (Å²) in [6, 6.07) is 8.03. The van der Waals surface area contributed by atoms with Crippen molar-refractivity contribution in [2.24, 2.45) is 0 Å². The summed E-state index contributed by atoms with van der Waals surface area (Å²) >= 11 is 7.49. The zero-order valence-corrected chi connectivity index (χ0v) is 15.4. The molecule has 0 aliphatic carbocycles. The zero-order chi connectivity index (χ0) is 17.1. The highest BCUT2D eigenvalue weighted by atomic mass is 35.5. The second-order valence-corrected chi connectivity index (χ2v) is 7.35. The molecule has 0 saturated carbocycles. The first kappa shape index (κ1) is 16.9. The molecule has 5 nitrogen and oxygen atoms in total. The van der Waals surface area contributed by atoms with Crippen LogP contribution in [0.4, 0.5) is 5.13 Å². The minimum atomic E-state index is 0.220. The molecule has 7 heteroatoms. The summed E-state index contributed by atoms with van der Waals surface area (Å²) in [4.78, 5) is 0. The van der Waals surface area contributed by atoms with Crippen LogP contribution in [0.2, 0.25) is 5.02 Å². The van der Waals surface area contributed by atoms with Gasteiger partial charge in [-0.1, -0.05) is 40.2 Å². The van der Waals surface area contributed by atoms with Crippen molar-refractivity contribution in [3.8, 4) is 0 Å². The molecule has 1 aromatic carbocycles. The molecule has 0 amide bonds. The van der Waals surface area contributed by atoms with Crippen molar-refractivity contribution in [1.82, 2.24) is 15.4 Å². The summed E-state index contributed by atoms with van der Waals surface area (Å²) in [6.07, 6.45) is 1.60. The minimum absolute atomic E-state index is 0.220. The molecule has 0 saturated heterocycles. The Morgan fingerprint density at radius 3 is 2.62 bits per heavy atom. The average Bonchev–Trinajstić information content (AvgIpc) is 3.11. The predicted molar refractivity (Wildman–Crippen MR) is 96.9 cm³/mol. The van der Waals surface area contributed by atoms with Crippen LogP contribution in [-0.4, -0.2) is 21.4 Å². The summed E-state index contributed by atoms with van der Waals surface area (Å²) in [5.41, 5.74) is 3.27. The Kier molecular flexibility index (Phi) is 5.16. The Labute approximate surface area is 150 Å². The third-order valence-electron chi connectivity index (χ3n) is 3.80. The van der Waals surface area contributed by atoms with E-state index in [1.54, 1.807) is 11.3 Å². The normalized spacial score (nSPS) is 12.3. The van der Waals surface area contributed by atoms with Crippen LogP contribution in [0.5, 0.6) is 0 Å². The number of hydrogen-bond acceptors (Lipinski definition) is 6. The number of aromatic nitrogens is 3. The predicted octanol–water partition coefficient (Wildman–Crippen LogP) is 4.43. The first-order valence-corrected chi connectivity index (χ1v) is 8.96. The smallest absolute Gasteiger partial charge is 0.205 e. The topological polar surface area (TPSA) is 63.8 Å². The third-order valence-corrected chi connectivity index (χ3v) is 4.90. The van der Waals surface area contributed by atoms with Gasteiger partial charge in [0.15, 0.2) is 0 Å². The molecular weight excluding hydrogens is 344 g/mol. The van der Waals surface area contributed by atoms with Crippen molar-refractivity contribution >= 4 is 28.1 Å². The monoisotopic (exact) mass is 362 g/mol. The Morgan fingerprint density at radius 2 is 1.96 bits per heavy atom. The molecule has 1 N–H and O–H groups in total. The van der Waals surface area contributed by atoms with E-state index in [0.717, 1.165) is 45.0 Å². The van der Waals surface area contributed by atoms with Gasteiger partial charge in [-0.25, -0.2) is 0 Å². The summed E-state index contributed by atoms with van der Waals surface area (Å²) in [5, 5.41) is 18.4. The van der Waals surface area contributed by atoms with Gasteiger partial charge < -0.3 is 9.84 Å². The van der Waals surface area contributed by atoms with E-state index in [4.69, 9.17) is 16.1 Å². The molecule has 3 aromatic rings. The van der Waals surface area contributed by atoms with Gasteiger partial charge >= 0.3 is 0 Å². The lowest BCUT2D eigenvalue weighted by Gasteiger charge is -2.11. The first-order chi connectivity index (χ1) is 11.5. The van der Waals surface area contributed by atoms with Crippen molar-refractivity contribution in [1.29, 1.82) is 0 Å². The molecule has 24 heavy (non-hydrogen) atoms. The van der Waals surface area contributed by atoms with Gasteiger partial charge in [0, 0.05) is 23.0 Å². The highest BCUT2D eigenvalue weighted by molar-refractivity contribution is 7.15. The number of halogens is 1. The van der Waals surface area contributed by atoms with E-state index in [2.05, 4.69) is 27.6 Å². The molecule has 0 fully saturated rings. The maximum atomic E-state index is 5.91. The molecule has 3 rings (SSSR count). The van der Waals surface area contributed by atoms with Gasteiger partial charge in [0.1, 0.15) is 10.8 Å². The van der Waals surface area contributed by atoms with E-state index >= 15 is 0 Å². The van der Waals surface area contributed by atoms with E-state index in [9.17, 15) is 0 Å². The maximum absolute atomic E-state index is 5.91. The summed E-state index contributed by atoms with van der Waals surface area (Å²) in [6.45, 7) is 6.02. The number of benzene rings is 1. The number of aryl methyl sites for hydroxylation is 2. The Bertz CT molecular complexity index is 793. The second-order valence-electron chi connectivity index (χ2n) is 5.86. The lowest BCUT2D eigenvalue weighted by Crippen LogP contribution is -2.18. The van der Waals surface area contributed by atoms with E-state index < -0.39 is 0 Å². The van der Waals surface area contributed by atoms with Crippen LogP contribution in [0.3, 0.4) is 0 Å². The Morgan fingerprint density at radius 1 is 1.21 bits per heavy atom. The fraction of sp³-hybridized carbons (Fsp3) is 0.353. The lowest BCUT2D eigenvalue weighted by atomic mass is 10.1. The molecule has 0 bridgehead atoms. The Balaban J connectivity index is 1.60. The van der Waals surface area contributed by atoms with Crippen molar-refractivity contribution in [2.45, 2.75) is 39.7 Å². The highest BCUT2D eigenvalue weighted by Crippen LogP contribution is 2.22.